The number of sulfonamides is 1. The number of nitrogens with zero attached hydrogens (tertiary/aromatic N) is 2. The lowest BCUT2D eigenvalue weighted by molar-refractivity contribution is -0.140. The third kappa shape index (κ3) is 7.30. The number of carbonyl (C=O) groups excluding carboxylic acids is 2. The topological polar surface area (TPSA) is 96.0 Å². The smallest absolute Gasteiger partial charge is 0.244 e. The van der Waals surface area contributed by atoms with Crippen LogP contribution in [0.2, 0.25) is 10.0 Å². The lowest BCUT2D eigenvalue weighted by Crippen LogP contribution is -2.53. The standard InChI is InChI=1S/C26H33Cl2N3O5S/c1-4-22(26(33)29-18-10-5-6-11-18)30(16-19-20(27)12-9-13-21(19)28)25(32)17-31(37(3,34)35)23-14-7-8-15-24(23)36-2/h7-9,12-15,18,22H,4-6,10-11,16-17H2,1-3H3,(H,29,33)/t22-/m1/s1. The highest BCUT2D eigenvalue weighted by molar-refractivity contribution is 7.92. The van der Waals surface area contributed by atoms with Gasteiger partial charge in [-0.3, -0.25) is 13.9 Å². The van der Waals surface area contributed by atoms with Gasteiger partial charge in [0, 0.05) is 28.2 Å². The molecule has 0 heterocycles. The minimum Gasteiger partial charge on any atom is -0.495 e. The Balaban J connectivity index is 1.99. The molecule has 0 bridgehead atoms. The molecule has 1 fully saturated rings. The fourth-order valence-corrected chi connectivity index (χ4v) is 5.94. The van der Waals surface area contributed by atoms with E-state index >= 15 is 0 Å². The minimum absolute atomic E-state index is 0.0581. The van der Waals surface area contributed by atoms with Crippen LogP contribution in [0.25, 0.3) is 0 Å². The number of amides is 2. The molecule has 1 atom stereocenters. The number of carbonyl (C=O) groups is 2. The Morgan fingerprint density at radius 1 is 1.08 bits per heavy atom. The predicted molar refractivity (Wildman–Crippen MR) is 147 cm³/mol. The Hall–Kier alpha value is -2.49. The monoisotopic (exact) mass is 569 g/mol. The molecular weight excluding hydrogens is 537 g/mol. The largest absolute Gasteiger partial charge is 0.495 e. The fourth-order valence-electron chi connectivity index (χ4n) is 4.57. The van der Waals surface area contributed by atoms with Gasteiger partial charge in [0.1, 0.15) is 18.3 Å². The molecule has 0 aliphatic heterocycles. The molecule has 1 aliphatic rings. The highest BCUT2D eigenvalue weighted by Gasteiger charge is 2.34. The van der Waals surface area contributed by atoms with Gasteiger partial charge >= 0.3 is 0 Å². The summed E-state index contributed by atoms with van der Waals surface area (Å²) in [6.45, 7) is 1.22. The zero-order chi connectivity index (χ0) is 27.2. The lowest BCUT2D eigenvalue weighted by Gasteiger charge is -2.34. The van der Waals surface area contributed by atoms with E-state index in [4.69, 9.17) is 27.9 Å². The molecule has 0 aromatic heterocycles. The summed E-state index contributed by atoms with van der Waals surface area (Å²) in [6.07, 6.45) is 5.21. The Bertz CT molecular complexity index is 1200. The molecule has 2 aromatic carbocycles. The van der Waals surface area contributed by atoms with E-state index in [1.807, 2.05) is 6.92 Å². The van der Waals surface area contributed by atoms with Crippen molar-refractivity contribution in [3.05, 3.63) is 58.1 Å². The van der Waals surface area contributed by atoms with Crippen molar-refractivity contribution < 1.29 is 22.7 Å². The molecule has 2 amide bonds. The fraction of sp³-hybridized carbons (Fsp3) is 0.462. The number of halogens is 2. The highest BCUT2D eigenvalue weighted by Crippen LogP contribution is 2.31. The maximum Gasteiger partial charge on any atom is 0.244 e. The van der Waals surface area contributed by atoms with Gasteiger partial charge in [-0.1, -0.05) is 61.2 Å². The van der Waals surface area contributed by atoms with Gasteiger partial charge in [-0.2, -0.15) is 0 Å². The number of hydrogen-bond donors (Lipinski definition) is 1. The van der Waals surface area contributed by atoms with Crippen LogP contribution in [0.4, 0.5) is 5.69 Å². The van der Waals surface area contributed by atoms with Crippen LogP contribution in [0.15, 0.2) is 42.5 Å². The first-order chi connectivity index (χ1) is 17.6. The second kappa shape index (κ2) is 12.8. The Morgan fingerprint density at radius 3 is 2.27 bits per heavy atom. The number of para-hydroxylation sites is 2. The van der Waals surface area contributed by atoms with Crippen molar-refractivity contribution >= 4 is 50.7 Å². The molecule has 0 saturated heterocycles. The second-order valence-electron chi connectivity index (χ2n) is 9.08. The summed E-state index contributed by atoms with van der Waals surface area (Å²) >= 11 is 12.8. The van der Waals surface area contributed by atoms with E-state index in [0.717, 1.165) is 36.2 Å². The number of benzene rings is 2. The van der Waals surface area contributed by atoms with Crippen molar-refractivity contribution in [3.8, 4) is 5.75 Å². The van der Waals surface area contributed by atoms with Gasteiger partial charge in [-0.05, 0) is 43.5 Å². The first-order valence-corrected chi connectivity index (χ1v) is 14.8. The van der Waals surface area contributed by atoms with Crippen molar-refractivity contribution in [1.29, 1.82) is 0 Å². The van der Waals surface area contributed by atoms with Crippen LogP contribution in [0, 0.1) is 0 Å². The van der Waals surface area contributed by atoms with Crippen molar-refractivity contribution in [3.63, 3.8) is 0 Å². The predicted octanol–water partition coefficient (Wildman–Crippen LogP) is 4.63. The SMILES string of the molecule is CC[C@H](C(=O)NC1CCCC1)N(Cc1c(Cl)cccc1Cl)C(=O)CN(c1ccccc1OC)S(C)(=O)=O. The summed E-state index contributed by atoms with van der Waals surface area (Å²) in [5.41, 5.74) is 0.703. The zero-order valence-corrected chi connectivity index (χ0v) is 23.6. The van der Waals surface area contributed by atoms with Gasteiger partial charge in [0.15, 0.2) is 0 Å². The first kappa shape index (κ1) is 29.1. The van der Waals surface area contributed by atoms with Gasteiger partial charge < -0.3 is 15.0 Å². The average molecular weight is 571 g/mol. The Morgan fingerprint density at radius 2 is 1.70 bits per heavy atom. The van der Waals surface area contributed by atoms with E-state index < -0.39 is 28.5 Å². The molecule has 1 saturated carbocycles. The Kier molecular flexibility index (Phi) is 10.1. The third-order valence-electron chi connectivity index (χ3n) is 6.51. The number of rotatable bonds is 11. The molecule has 11 heteroatoms. The summed E-state index contributed by atoms with van der Waals surface area (Å²) in [7, 11) is -2.46. The maximum absolute atomic E-state index is 13.9. The number of hydrogen-bond acceptors (Lipinski definition) is 5. The zero-order valence-electron chi connectivity index (χ0n) is 21.2. The second-order valence-corrected chi connectivity index (χ2v) is 11.8. The third-order valence-corrected chi connectivity index (χ3v) is 8.35. The molecular formula is C26H33Cl2N3O5S. The van der Waals surface area contributed by atoms with Crippen LogP contribution >= 0.6 is 23.2 Å². The maximum atomic E-state index is 13.9. The van der Waals surface area contributed by atoms with Gasteiger partial charge in [-0.25, -0.2) is 8.42 Å². The average Bonchev–Trinajstić information content (AvgIpc) is 3.36. The van der Waals surface area contributed by atoms with E-state index in [-0.39, 0.29) is 24.2 Å². The molecule has 37 heavy (non-hydrogen) atoms. The molecule has 0 radical (unpaired) electrons. The first-order valence-electron chi connectivity index (χ1n) is 12.2. The van der Waals surface area contributed by atoms with Crippen LogP contribution in [-0.2, 0) is 26.2 Å². The highest BCUT2D eigenvalue weighted by atomic mass is 35.5. The van der Waals surface area contributed by atoms with Crippen LogP contribution in [0.5, 0.6) is 5.75 Å². The number of methoxy groups -OCH3 is 1. The van der Waals surface area contributed by atoms with Crippen LogP contribution in [0.3, 0.4) is 0 Å². The molecule has 1 aliphatic carbocycles. The van der Waals surface area contributed by atoms with Crippen LogP contribution in [-0.4, -0.2) is 57.1 Å². The normalized spacial score (nSPS) is 14.7. The van der Waals surface area contributed by atoms with Gasteiger partial charge in [0.25, 0.3) is 0 Å². The van der Waals surface area contributed by atoms with E-state index in [9.17, 15) is 18.0 Å². The van der Waals surface area contributed by atoms with Gasteiger partial charge in [0.2, 0.25) is 21.8 Å². The number of ether oxygens (including phenoxy) is 1. The lowest BCUT2D eigenvalue weighted by atomic mass is 10.1. The van der Waals surface area contributed by atoms with Gasteiger partial charge in [-0.15, -0.1) is 0 Å². The molecule has 0 spiro atoms. The quantitative estimate of drug-likeness (QED) is 0.425. The molecule has 1 N–H and O–H groups in total. The summed E-state index contributed by atoms with van der Waals surface area (Å²) in [5.74, 6) is -0.553. The van der Waals surface area contributed by atoms with E-state index in [1.54, 1.807) is 42.5 Å². The molecule has 2 aromatic rings. The van der Waals surface area contributed by atoms with Crippen molar-refractivity contribution in [2.45, 2.75) is 57.7 Å². The number of nitrogens with one attached hydrogen (secondary N) is 1. The van der Waals surface area contributed by atoms with E-state index in [0.29, 0.717) is 27.8 Å². The minimum atomic E-state index is -3.89. The molecule has 0 unspecified atom stereocenters. The Labute approximate surface area is 228 Å². The van der Waals surface area contributed by atoms with Crippen molar-refractivity contribution in [2.24, 2.45) is 0 Å². The van der Waals surface area contributed by atoms with Gasteiger partial charge in [0.05, 0.1) is 19.1 Å². The number of anilines is 1. The van der Waals surface area contributed by atoms with E-state index in [2.05, 4.69) is 5.32 Å². The summed E-state index contributed by atoms with van der Waals surface area (Å²) in [5, 5.41) is 3.76. The van der Waals surface area contributed by atoms with Crippen molar-refractivity contribution in [1.82, 2.24) is 10.2 Å². The van der Waals surface area contributed by atoms with Crippen LogP contribution < -0.4 is 14.4 Å². The van der Waals surface area contributed by atoms with E-state index in [1.165, 1.54) is 12.0 Å². The molecule has 3 rings (SSSR count). The summed E-state index contributed by atoms with van der Waals surface area (Å²) in [4.78, 5) is 28.6. The van der Waals surface area contributed by atoms with Crippen molar-refractivity contribution in [2.75, 3.05) is 24.2 Å². The van der Waals surface area contributed by atoms with Crippen LogP contribution in [0.1, 0.15) is 44.6 Å². The molecule has 8 nitrogen and oxygen atoms in total. The molecule has 202 valence electrons. The summed E-state index contributed by atoms with van der Waals surface area (Å²) < 4.78 is 31.9. The summed E-state index contributed by atoms with van der Waals surface area (Å²) in [6, 6.07) is 10.8.